The minimum atomic E-state index is -3.61. The maximum absolute atomic E-state index is 12.2. The molecule has 5 nitrogen and oxygen atoms in total. The third-order valence-electron chi connectivity index (χ3n) is 3.44. The summed E-state index contributed by atoms with van der Waals surface area (Å²) in [7, 11) is -3.61. The van der Waals surface area contributed by atoms with Crippen LogP contribution in [0, 0.1) is 12.3 Å². The first-order chi connectivity index (χ1) is 8.40. The summed E-state index contributed by atoms with van der Waals surface area (Å²) in [6.45, 7) is 1.99. The normalized spacial score (nSPS) is 17.7. The molecule has 0 atom stereocenters. The Bertz CT molecular complexity index is 530. The highest BCUT2D eigenvalue weighted by Gasteiger charge is 2.42. The summed E-state index contributed by atoms with van der Waals surface area (Å²) >= 11 is 0. The fourth-order valence-corrected chi connectivity index (χ4v) is 3.44. The SMILES string of the molecule is Cc1cccc(N)c1S(=O)(=O)NCC1(CO)CC1. The summed E-state index contributed by atoms with van der Waals surface area (Å²) in [5.41, 5.74) is 6.34. The van der Waals surface area contributed by atoms with Crippen molar-refractivity contribution < 1.29 is 13.5 Å². The molecule has 1 aliphatic carbocycles. The summed E-state index contributed by atoms with van der Waals surface area (Å²) in [6, 6.07) is 5.00. The van der Waals surface area contributed by atoms with Gasteiger partial charge >= 0.3 is 0 Å². The van der Waals surface area contributed by atoms with Gasteiger partial charge < -0.3 is 10.8 Å². The van der Waals surface area contributed by atoms with Crippen molar-refractivity contribution in [2.45, 2.75) is 24.7 Å². The van der Waals surface area contributed by atoms with E-state index in [1.807, 2.05) is 0 Å². The van der Waals surface area contributed by atoms with Crippen LogP contribution in [0.4, 0.5) is 5.69 Å². The van der Waals surface area contributed by atoms with E-state index in [0.717, 1.165) is 12.8 Å². The molecule has 4 N–H and O–H groups in total. The molecule has 2 rings (SSSR count). The topological polar surface area (TPSA) is 92.4 Å². The Morgan fingerprint density at radius 1 is 1.44 bits per heavy atom. The van der Waals surface area contributed by atoms with Crippen molar-refractivity contribution in [3.05, 3.63) is 23.8 Å². The maximum atomic E-state index is 12.2. The van der Waals surface area contributed by atoms with Gasteiger partial charge in [0, 0.05) is 18.6 Å². The Kier molecular flexibility index (Phi) is 3.35. The average Bonchev–Trinajstić information content (AvgIpc) is 3.07. The molecule has 1 aliphatic rings. The molecular formula is C12H18N2O3S. The predicted octanol–water partition coefficient (Wildman–Crippen LogP) is 0.628. The number of nitrogens with two attached hydrogens (primary N) is 1. The third kappa shape index (κ3) is 2.50. The molecule has 0 aromatic heterocycles. The maximum Gasteiger partial charge on any atom is 0.242 e. The Morgan fingerprint density at radius 2 is 2.11 bits per heavy atom. The lowest BCUT2D eigenvalue weighted by atomic mass is 10.1. The van der Waals surface area contributed by atoms with Gasteiger partial charge in [0.25, 0.3) is 0 Å². The first-order valence-corrected chi connectivity index (χ1v) is 7.34. The first kappa shape index (κ1) is 13.3. The van der Waals surface area contributed by atoms with Gasteiger partial charge in [-0.05, 0) is 31.4 Å². The Labute approximate surface area is 107 Å². The summed E-state index contributed by atoms with van der Waals surface area (Å²) < 4.78 is 26.9. The lowest BCUT2D eigenvalue weighted by Crippen LogP contribution is -2.32. The molecule has 6 heteroatoms. The number of benzene rings is 1. The van der Waals surface area contributed by atoms with Crippen molar-refractivity contribution >= 4 is 15.7 Å². The van der Waals surface area contributed by atoms with Crippen LogP contribution in [0.1, 0.15) is 18.4 Å². The average molecular weight is 270 g/mol. The van der Waals surface area contributed by atoms with Crippen LogP contribution in [0.15, 0.2) is 23.1 Å². The number of hydrogen-bond donors (Lipinski definition) is 3. The second-order valence-electron chi connectivity index (χ2n) is 4.98. The van der Waals surface area contributed by atoms with E-state index in [9.17, 15) is 13.5 Å². The summed E-state index contributed by atoms with van der Waals surface area (Å²) in [6.07, 6.45) is 1.71. The van der Waals surface area contributed by atoms with Crippen molar-refractivity contribution in [3.8, 4) is 0 Å². The number of aliphatic hydroxyl groups is 1. The highest BCUT2D eigenvalue weighted by atomic mass is 32.2. The molecule has 18 heavy (non-hydrogen) atoms. The van der Waals surface area contributed by atoms with Crippen molar-refractivity contribution in [2.24, 2.45) is 5.41 Å². The molecule has 1 saturated carbocycles. The van der Waals surface area contributed by atoms with Crippen molar-refractivity contribution in [2.75, 3.05) is 18.9 Å². The Balaban J connectivity index is 2.21. The second-order valence-corrected chi connectivity index (χ2v) is 6.68. The summed E-state index contributed by atoms with van der Waals surface area (Å²) in [4.78, 5) is 0.138. The second kappa shape index (κ2) is 4.53. The van der Waals surface area contributed by atoms with Gasteiger partial charge in [0.05, 0.1) is 5.69 Å². The molecule has 0 radical (unpaired) electrons. The number of nitrogens with one attached hydrogen (secondary N) is 1. The molecule has 0 unspecified atom stereocenters. The van der Waals surface area contributed by atoms with Crippen LogP contribution in [-0.4, -0.2) is 26.7 Å². The number of sulfonamides is 1. The van der Waals surface area contributed by atoms with E-state index in [0.29, 0.717) is 5.56 Å². The fraction of sp³-hybridized carbons (Fsp3) is 0.500. The van der Waals surface area contributed by atoms with Crippen LogP contribution in [0.2, 0.25) is 0 Å². The quantitative estimate of drug-likeness (QED) is 0.684. The highest BCUT2D eigenvalue weighted by Crippen LogP contribution is 2.44. The molecule has 100 valence electrons. The first-order valence-electron chi connectivity index (χ1n) is 5.86. The summed E-state index contributed by atoms with van der Waals surface area (Å²) in [5.74, 6) is 0. The van der Waals surface area contributed by atoms with E-state index in [1.54, 1.807) is 25.1 Å². The monoisotopic (exact) mass is 270 g/mol. The molecule has 1 aromatic carbocycles. The van der Waals surface area contributed by atoms with E-state index in [4.69, 9.17) is 5.73 Å². The van der Waals surface area contributed by atoms with Gasteiger partial charge in [-0.25, -0.2) is 13.1 Å². The number of aliphatic hydroxyl groups excluding tert-OH is 1. The third-order valence-corrected chi connectivity index (χ3v) is 5.06. The van der Waals surface area contributed by atoms with Crippen molar-refractivity contribution in [3.63, 3.8) is 0 Å². The lowest BCUT2D eigenvalue weighted by molar-refractivity contribution is 0.213. The molecule has 0 spiro atoms. The van der Waals surface area contributed by atoms with E-state index in [1.165, 1.54) is 0 Å². The fourth-order valence-electron chi connectivity index (χ4n) is 1.93. The van der Waals surface area contributed by atoms with Crippen LogP contribution in [0.25, 0.3) is 0 Å². The Morgan fingerprint density at radius 3 is 2.61 bits per heavy atom. The highest BCUT2D eigenvalue weighted by molar-refractivity contribution is 7.89. The number of aryl methyl sites for hydroxylation is 1. The predicted molar refractivity (Wildman–Crippen MR) is 69.5 cm³/mol. The van der Waals surface area contributed by atoms with Gasteiger partial charge in [0.1, 0.15) is 4.90 Å². The number of anilines is 1. The van der Waals surface area contributed by atoms with E-state index >= 15 is 0 Å². The van der Waals surface area contributed by atoms with Gasteiger partial charge in [-0.2, -0.15) is 0 Å². The molecule has 0 bridgehead atoms. The van der Waals surface area contributed by atoms with Crippen LogP contribution in [-0.2, 0) is 10.0 Å². The molecule has 0 aliphatic heterocycles. The lowest BCUT2D eigenvalue weighted by Gasteiger charge is -2.15. The zero-order valence-electron chi connectivity index (χ0n) is 10.3. The smallest absolute Gasteiger partial charge is 0.242 e. The molecule has 0 saturated heterocycles. The zero-order chi connectivity index (χ0) is 13.4. The van der Waals surface area contributed by atoms with E-state index < -0.39 is 10.0 Å². The van der Waals surface area contributed by atoms with Crippen molar-refractivity contribution in [1.82, 2.24) is 4.72 Å². The minimum absolute atomic E-state index is 0.0127. The molecule has 0 heterocycles. The van der Waals surface area contributed by atoms with E-state index in [2.05, 4.69) is 4.72 Å². The standard InChI is InChI=1S/C12H18N2O3S/c1-9-3-2-4-10(13)11(9)18(16,17)14-7-12(8-15)5-6-12/h2-4,14-15H,5-8,13H2,1H3. The van der Waals surface area contributed by atoms with Crippen LogP contribution in [0.5, 0.6) is 0 Å². The number of rotatable bonds is 5. The van der Waals surface area contributed by atoms with Gasteiger partial charge in [0.2, 0.25) is 10.0 Å². The summed E-state index contributed by atoms with van der Waals surface area (Å²) in [5, 5.41) is 9.17. The molecular weight excluding hydrogens is 252 g/mol. The molecule has 1 fully saturated rings. The van der Waals surface area contributed by atoms with Gasteiger partial charge in [-0.1, -0.05) is 12.1 Å². The largest absolute Gasteiger partial charge is 0.398 e. The van der Waals surface area contributed by atoms with Crippen LogP contribution >= 0.6 is 0 Å². The van der Waals surface area contributed by atoms with Gasteiger partial charge in [-0.15, -0.1) is 0 Å². The van der Waals surface area contributed by atoms with Gasteiger partial charge in [-0.3, -0.25) is 0 Å². The molecule has 1 aromatic rings. The van der Waals surface area contributed by atoms with Crippen LogP contribution in [0.3, 0.4) is 0 Å². The van der Waals surface area contributed by atoms with E-state index in [-0.39, 0.29) is 29.1 Å². The number of hydrogen-bond acceptors (Lipinski definition) is 4. The van der Waals surface area contributed by atoms with Gasteiger partial charge in [0.15, 0.2) is 0 Å². The minimum Gasteiger partial charge on any atom is -0.398 e. The number of nitrogen functional groups attached to an aromatic ring is 1. The Hall–Kier alpha value is -1.11. The van der Waals surface area contributed by atoms with Crippen molar-refractivity contribution in [1.29, 1.82) is 0 Å². The molecule has 0 amide bonds. The zero-order valence-corrected chi connectivity index (χ0v) is 11.1. The van der Waals surface area contributed by atoms with Crippen LogP contribution < -0.4 is 10.5 Å².